The summed E-state index contributed by atoms with van der Waals surface area (Å²) < 4.78 is 19.2. The molecule has 0 aliphatic carbocycles. The first-order chi connectivity index (χ1) is 12.1. The molecule has 6 nitrogen and oxygen atoms in total. The molecule has 25 heavy (non-hydrogen) atoms. The Kier molecular flexibility index (Phi) is 5.70. The van der Waals surface area contributed by atoms with Gasteiger partial charge in [0.15, 0.2) is 0 Å². The lowest BCUT2D eigenvalue weighted by atomic mass is 10.1. The number of carbonyl (C=O) groups excluding carboxylic acids is 1. The second kappa shape index (κ2) is 8.15. The topological polar surface area (TPSA) is 83.5 Å². The Labute approximate surface area is 145 Å². The van der Waals surface area contributed by atoms with Crippen molar-refractivity contribution in [2.75, 3.05) is 13.2 Å². The third kappa shape index (κ3) is 4.39. The Bertz CT molecular complexity index is 714. The van der Waals surface area contributed by atoms with Gasteiger partial charge in [-0.25, -0.2) is 4.39 Å². The highest BCUT2D eigenvalue weighted by Crippen LogP contribution is 2.15. The van der Waals surface area contributed by atoms with E-state index < -0.39 is 12.2 Å². The summed E-state index contributed by atoms with van der Waals surface area (Å²) in [5.41, 5.74) is 1.03. The van der Waals surface area contributed by atoms with Crippen molar-refractivity contribution >= 4 is 5.91 Å². The first-order valence-corrected chi connectivity index (χ1v) is 8.10. The number of rotatable bonds is 6. The second-order valence-corrected chi connectivity index (χ2v) is 5.89. The van der Waals surface area contributed by atoms with E-state index in [1.54, 1.807) is 42.7 Å². The van der Waals surface area contributed by atoms with Gasteiger partial charge in [-0.3, -0.25) is 9.78 Å². The van der Waals surface area contributed by atoms with E-state index in [2.05, 4.69) is 15.6 Å². The number of carbonyl (C=O) groups is 1. The summed E-state index contributed by atoms with van der Waals surface area (Å²) in [6, 6.07) is 9.39. The number of ether oxygens (including phenoxy) is 1. The van der Waals surface area contributed by atoms with Crippen molar-refractivity contribution in [3.05, 3.63) is 65.7 Å². The van der Waals surface area contributed by atoms with Gasteiger partial charge in [0.25, 0.3) is 5.91 Å². The van der Waals surface area contributed by atoms with Crippen LogP contribution in [0, 0.1) is 5.82 Å². The second-order valence-electron chi connectivity index (χ2n) is 5.89. The van der Waals surface area contributed by atoms with Crippen LogP contribution in [-0.2, 0) is 11.3 Å². The Morgan fingerprint density at radius 2 is 2.04 bits per heavy atom. The monoisotopic (exact) mass is 345 g/mol. The summed E-state index contributed by atoms with van der Waals surface area (Å²) >= 11 is 0. The van der Waals surface area contributed by atoms with Gasteiger partial charge in [-0.05, 0) is 18.2 Å². The summed E-state index contributed by atoms with van der Waals surface area (Å²) in [7, 11) is 0. The van der Waals surface area contributed by atoms with Crippen LogP contribution in [0.5, 0.6) is 0 Å². The molecule has 3 N–H and O–H groups in total. The van der Waals surface area contributed by atoms with Crippen LogP contribution < -0.4 is 10.6 Å². The van der Waals surface area contributed by atoms with Gasteiger partial charge >= 0.3 is 0 Å². The number of benzene rings is 1. The number of halogens is 1. The van der Waals surface area contributed by atoms with Crippen molar-refractivity contribution in [1.82, 2.24) is 15.6 Å². The molecule has 1 amide bonds. The molecular weight excluding hydrogens is 325 g/mol. The Balaban J connectivity index is 1.47. The van der Waals surface area contributed by atoms with Crippen LogP contribution in [-0.4, -0.2) is 47.4 Å². The number of aliphatic hydroxyl groups is 1. The van der Waals surface area contributed by atoms with Gasteiger partial charge in [-0.2, -0.15) is 0 Å². The van der Waals surface area contributed by atoms with E-state index in [0.29, 0.717) is 24.3 Å². The summed E-state index contributed by atoms with van der Waals surface area (Å²) in [5.74, 6) is -0.537. The lowest BCUT2D eigenvalue weighted by Gasteiger charge is -2.19. The molecule has 1 aromatic carbocycles. The van der Waals surface area contributed by atoms with Crippen LogP contribution in [0.25, 0.3) is 0 Å². The molecule has 0 saturated carbocycles. The van der Waals surface area contributed by atoms with E-state index in [1.165, 1.54) is 6.07 Å². The van der Waals surface area contributed by atoms with Crippen molar-refractivity contribution in [3.63, 3.8) is 0 Å². The smallest absolute Gasteiger partial charge is 0.251 e. The molecule has 3 rings (SSSR count). The molecule has 1 aromatic heterocycles. The normalized spacial score (nSPS) is 22.7. The maximum absolute atomic E-state index is 13.6. The highest BCUT2D eigenvalue weighted by Gasteiger charge is 2.35. The zero-order chi connectivity index (χ0) is 17.6. The maximum Gasteiger partial charge on any atom is 0.251 e. The summed E-state index contributed by atoms with van der Waals surface area (Å²) in [6.07, 6.45) is 1.78. The van der Waals surface area contributed by atoms with Crippen LogP contribution in [0.15, 0.2) is 48.8 Å². The third-order valence-electron chi connectivity index (χ3n) is 4.20. The fourth-order valence-corrected chi connectivity index (χ4v) is 2.72. The molecule has 0 radical (unpaired) electrons. The number of hydrogen-bond acceptors (Lipinski definition) is 5. The SMILES string of the molecule is O=C(NC[C@H]1OC[C@@H](NCc2ccccc2F)[C@@H]1O)c1ccncc1. The van der Waals surface area contributed by atoms with Crippen LogP contribution in [0.1, 0.15) is 15.9 Å². The molecule has 2 aromatic rings. The Morgan fingerprint density at radius 3 is 2.80 bits per heavy atom. The largest absolute Gasteiger partial charge is 0.389 e. The van der Waals surface area contributed by atoms with Gasteiger partial charge in [-0.15, -0.1) is 0 Å². The predicted molar refractivity (Wildman–Crippen MR) is 89.3 cm³/mol. The molecule has 1 aliphatic rings. The lowest BCUT2D eigenvalue weighted by molar-refractivity contribution is 0.0398. The molecule has 0 bridgehead atoms. The lowest BCUT2D eigenvalue weighted by Crippen LogP contribution is -2.44. The van der Waals surface area contributed by atoms with Crippen molar-refractivity contribution < 1.29 is 19.0 Å². The summed E-state index contributed by atoms with van der Waals surface area (Å²) in [5, 5.41) is 16.2. The standard InChI is InChI=1S/C18H20FN3O3/c19-14-4-2-1-3-13(14)9-21-15-11-25-16(17(15)23)10-22-18(24)12-5-7-20-8-6-12/h1-8,15-17,21,23H,9-11H2,(H,22,24)/t15-,16-,17+/m1/s1. The van der Waals surface area contributed by atoms with Crippen LogP contribution in [0.4, 0.5) is 4.39 Å². The van der Waals surface area contributed by atoms with Crippen LogP contribution >= 0.6 is 0 Å². The predicted octanol–water partition coefficient (Wildman–Crippen LogP) is 0.869. The van der Waals surface area contributed by atoms with E-state index in [1.807, 2.05) is 0 Å². The quantitative estimate of drug-likeness (QED) is 0.724. The average molecular weight is 345 g/mol. The highest BCUT2D eigenvalue weighted by atomic mass is 19.1. The van der Waals surface area contributed by atoms with Crippen LogP contribution in [0.2, 0.25) is 0 Å². The molecule has 7 heteroatoms. The highest BCUT2D eigenvalue weighted by molar-refractivity contribution is 5.93. The number of amides is 1. The number of nitrogens with zero attached hydrogens (tertiary/aromatic N) is 1. The van der Waals surface area contributed by atoms with E-state index >= 15 is 0 Å². The number of aromatic nitrogens is 1. The van der Waals surface area contributed by atoms with Gasteiger partial charge in [0.2, 0.25) is 0 Å². The zero-order valence-corrected chi connectivity index (χ0v) is 13.6. The van der Waals surface area contributed by atoms with Crippen LogP contribution in [0.3, 0.4) is 0 Å². The van der Waals surface area contributed by atoms with Gasteiger partial charge in [0.05, 0.1) is 18.8 Å². The first kappa shape index (κ1) is 17.5. The summed E-state index contributed by atoms with van der Waals surface area (Å²) in [6.45, 7) is 0.791. The maximum atomic E-state index is 13.6. The molecule has 0 unspecified atom stereocenters. The van der Waals surface area contributed by atoms with Gasteiger partial charge in [0.1, 0.15) is 11.9 Å². The Hall–Kier alpha value is -2.35. The van der Waals surface area contributed by atoms with Gasteiger partial charge < -0.3 is 20.5 Å². The van der Waals surface area contributed by atoms with E-state index in [0.717, 1.165) is 0 Å². The Morgan fingerprint density at radius 1 is 1.28 bits per heavy atom. The van der Waals surface area contributed by atoms with Crippen molar-refractivity contribution in [2.45, 2.75) is 24.8 Å². The molecule has 1 fully saturated rings. The molecule has 132 valence electrons. The van der Waals surface area contributed by atoms with E-state index in [4.69, 9.17) is 4.74 Å². The van der Waals surface area contributed by atoms with Gasteiger partial charge in [0, 0.05) is 36.6 Å². The number of nitrogens with one attached hydrogen (secondary N) is 2. The average Bonchev–Trinajstić information content (AvgIpc) is 2.99. The number of hydrogen-bond donors (Lipinski definition) is 3. The molecule has 1 saturated heterocycles. The van der Waals surface area contributed by atoms with Crippen molar-refractivity contribution in [2.24, 2.45) is 0 Å². The minimum atomic E-state index is -0.787. The first-order valence-electron chi connectivity index (χ1n) is 8.10. The molecule has 0 spiro atoms. The fourth-order valence-electron chi connectivity index (χ4n) is 2.72. The molecule has 1 aliphatic heterocycles. The minimum Gasteiger partial charge on any atom is -0.389 e. The minimum absolute atomic E-state index is 0.195. The molecule has 2 heterocycles. The van der Waals surface area contributed by atoms with Crippen molar-refractivity contribution in [1.29, 1.82) is 0 Å². The summed E-state index contributed by atoms with van der Waals surface area (Å²) in [4.78, 5) is 15.9. The van der Waals surface area contributed by atoms with E-state index in [9.17, 15) is 14.3 Å². The molecular formula is C18H20FN3O3. The third-order valence-corrected chi connectivity index (χ3v) is 4.20. The number of pyridine rings is 1. The fraction of sp³-hybridized carbons (Fsp3) is 0.333. The van der Waals surface area contributed by atoms with Gasteiger partial charge in [-0.1, -0.05) is 18.2 Å². The number of aliphatic hydroxyl groups excluding tert-OH is 1. The van der Waals surface area contributed by atoms with E-state index in [-0.39, 0.29) is 24.3 Å². The van der Waals surface area contributed by atoms with Crippen molar-refractivity contribution in [3.8, 4) is 0 Å². The zero-order valence-electron chi connectivity index (χ0n) is 13.6. The molecule has 3 atom stereocenters.